The lowest BCUT2D eigenvalue weighted by Crippen LogP contribution is -2.27. The zero-order valence-electron chi connectivity index (χ0n) is 11.9. The van der Waals surface area contributed by atoms with E-state index in [0.717, 1.165) is 0 Å². The highest BCUT2D eigenvalue weighted by molar-refractivity contribution is 7.89. The van der Waals surface area contributed by atoms with E-state index in [2.05, 4.69) is 10.0 Å². The second-order valence-corrected chi connectivity index (χ2v) is 7.30. The van der Waals surface area contributed by atoms with E-state index in [4.69, 9.17) is 23.2 Å². The van der Waals surface area contributed by atoms with Crippen molar-refractivity contribution in [1.82, 2.24) is 4.72 Å². The van der Waals surface area contributed by atoms with Crippen LogP contribution in [0.5, 0.6) is 0 Å². The zero-order chi connectivity index (χ0) is 16.9. The predicted octanol–water partition coefficient (Wildman–Crippen LogP) is 3.30. The molecule has 0 aliphatic carbocycles. The normalized spacial score (nSPS) is 11.2. The molecule has 5 nitrogen and oxygen atoms in total. The first-order valence-corrected chi connectivity index (χ1v) is 8.91. The third kappa shape index (κ3) is 5.51. The van der Waals surface area contributed by atoms with Gasteiger partial charge in [-0.05, 0) is 48.5 Å². The largest absolute Gasteiger partial charge is 0.326 e. The predicted molar refractivity (Wildman–Crippen MR) is 91.3 cm³/mol. The van der Waals surface area contributed by atoms with E-state index in [9.17, 15) is 13.2 Å². The van der Waals surface area contributed by atoms with Crippen molar-refractivity contribution in [2.45, 2.75) is 11.3 Å². The number of hydrogen-bond acceptors (Lipinski definition) is 3. The third-order valence-electron chi connectivity index (χ3n) is 2.90. The quantitative estimate of drug-likeness (QED) is 0.816. The van der Waals surface area contributed by atoms with Gasteiger partial charge < -0.3 is 5.32 Å². The molecule has 2 aromatic rings. The molecule has 2 N–H and O–H groups in total. The maximum atomic E-state index is 12.0. The van der Waals surface area contributed by atoms with Crippen LogP contribution in [0.2, 0.25) is 10.0 Å². The minimum absolute atomic E-state index is 0.00937. The lowest BCUT2D eigenvalue weighted by Gasteiger charge is -2.08. The van der Waals surface area contributed by atoms with E-state index in [1.807, 2.05) is 0 Å². The second kappa shape index (κ2) is 7.79. The number of hydrogen-bond donors (Lipinski definition) is 2. The first-order chi connectivity index (χ1) is 10.9. The topological polar surface area (TPSA) is 75.3 Å². The van der Waals surface area contributed by atoms with Crippen molar-refractivity contribution in [1.29, 1.82) is 0 Å². The molecule has 8 heteroatoms. The molecule has 0 aliphatic rings. The van der Waals surface area contributed by atoms with Gasteiger partial charge in [-0.3, -0.25) is 4.79 Å². The van der Waals surface area contributed by atoms with E-state index in [-0.39, 0.29) is 23.8 Å². The Bertz CT molecular complexity index is 775. The van der Waals surface area contributed by atoms with Gasteiger partial charge in [0.15, 0.2) is 0 Å². The van der Waals surface area contributed by atoms with Crippen molar-refractivity contribution in [2.75, 3.05) is 11.9 Å². The van der Waals surface area contributed by atoms with Crippen LogP contribution >= 0.6 is 23.2 Å². The van der Waals surface area contributed by atoms with Crippen molar-refractivity contribution in [2.24, 2.45) is 0 Å². The Morgan fingerprint density at radius 2 is 1.43 bits per heavy atom. The molecule has 0 fully saturated rings. The van der Waals surface area contributed by atoms with Crippen LogP contribution in [0.3, 0.4) is 0 Å². The van der Waals surface area contributed by atoms with Crippen molar-refractivity contribution in [3.05, 3.63) is 58.6 Å². The Morgan fingerprint density at radius 1 is 0.913 bits per heavy atom. The summed E-state index contributed by atoms with van der Waals surface area (Å²) in [6, 6.07) is 12.4. The number of carbonyl (C=O) groups excluding carboxylic acids is 1. The Kier molecular flexibility index (Phi) is 6.01. The van der Waals surface area contributed by atoms with Gasteiger partial charge in [0.05, 0.1) is 4.90 Å². The van der Waals surface area contributed by atoms with Crippen LogP contribution < -0.4 is 10.0 Å². The molecule has 122 valence electrons. The van der Waals surface area contributed by atoms with Crippen molar-refractivity contribution in [3.8, 4) is 0 Å². The highest BCUT2D eigenvalue weighted by atomic mass is 35.5. The van der Waals surface area contributed by atoms with Crippen LogP contribution in [-0.2, 0) is 14.8 Å². The summed E-state index contributed by atoms with van der Waals surface area (Å²) >= 11 is 11.5. The molecular weight excluding hydrogens is 359 g/mol. The third-order valence-corrected chi connectivity index (χ3v) is 4.88. The first-order valence-electron chi connectivity index (χ1n) is 6.67. The second-order valence-electron chi connectivity index (χ2n) is 4.66. The summed E-state index contributed by atoms with van der Waals surface area (Å²) in [5.74, 6) is -0.300. The van der Waals surface area contributed by atoms with Crippen LogP contribution in [-0.4, -0.2) is 20.9 Å². The summed E-state index contributed by atoms with van der Waals surface area (Å²) in [6.07, 6.45) is 0.00937. The van der Waals surface area contributed by atoms with Crippen molar-refractivity contribution in [3.63, 3.8) is 0 Å². The fourth-order valence-electron chi connectivity index (χ4n) is 1.75. The molecule has 2 aromatic carbocycles. The summed E-state index contributed by atoms with van der Waals surface area (Å²) in [5, 5.41) is 3.67. The molecule has 0 saturated heterocycles. The van der Waals surface area contributed by atoms with Gasteiger partial charge in [-0.2, -0.15) is 0 Å². The number of sulfonamides is 1. The van der Waals surface area contributed by atoms with E-state index in [1.165, 1.54) is 24.3 Å². The van der Waals surface area contributed by atoms with Gasteiger partial charge in [-0.25, -0.2) is 13.1 Å². The van der Waals surface area contributed by atoms with Crippen molar-refractivity contribution < 1.29 is 13.2 Å². The van der Waals surface area contributed by atoms with Crippen LogP contribution in [0.15, 0.2) is 53.4 Å². The number of rotatable bonds is 6. The molecule has 0 unspecified atom stereocenters. The van der Waals surface area contributed by atoms with Gasteiger partial charge in [0, 0.05) is 28.7 Å². The molecule has 23 heavy (non-hydrogen) atoms. The molecule has 0 bridgehead atoms. The summed E-state index contributed by atoms with van der Waals surface area (Å²) in [5.41, 5.74) is 0.597. The summed E-state index contributed by atoms with van der Waals surface area (Å²) in [7, 11) is -3.66. The van der Waals surface area contributed by atoms with Gasteiger partial charge in [0.1, 0.15) is 0 Å². The Hall–Kier alpha value is -1.60. The fourth-order valence-corrected chi connectivity index (χ4v) is 3.04. The van der Waals surface area contributed by atoms with E-state index in [0.29, 0.717) is 15.7 Å². The Labute approximate surface area is 144 Å². The average molecular weight is 373 g/mol. The summed E-state index contributed by atoms with van der Waals surface area (Å²) in [6.45, 7) is -0.00954. The molecule has 0 saturated carbocycles. The molecule has 0 heterocycles. The number of anilines is 1. The highest BCUT2D eigenvalue weighted by Gasteiger charge is 2.14. The molecule has 0 radical (unpaired) electrons. The molecule has 0 aromatic heterocycles. The van der Waals surface area contributed by atoms with Crippen LogP contribution in [0.25, 0.3) is 0 Å². The SMILES string of the molecule is O=C(CCNS(=O)(=O)c1ccc(Cl)cc1)Nc1ccc(Cl)cc1. The van der Waals surface area contributed by atoms with Crippen LogP contribution in [0.1, 0.15) is 6.42 Å². The number of carbonyl (C=O) groups is 1. The molecule has 0 spiro atoms. The van der Waals surface area contributed by atoms with E-state index < -0.39 is 10.0 Å². The summed E-state index contributed by atoms with van der Waals surface area (Å²) < 4.78 is 26.4. The maximum Gasteiger partial charge on any atom is 0.240 e. The molecule has 0 atom stereocenters. The zero-order valence-corrected chi connectivity index (χ0v) is 14.3. The smallest absolute Gasteiger partial charge is 0.240 e. The number of benzene rings is 2. The molecule has 0 aliphatic heterocycles. The van der Waals surface area contributed by atoms with Gasteiger partial charge in [0.2, 0.25) is 15.9 Å². The maximum absolute atomic E-state index is 12.0. The highest BCUT2D eigenvalue weighted by Crippen LogP contribution is 2.14. The molecule has 1 amide bonds. The minimum Gasteiger partial charge on any atom is -0.326 e. The number of nitrogens with one attached hydrogen (secondary N) is 2. The Morgan fingerprint density at radius 3 is 2.00 bits per heavy atom. The number of halogens is 2. The Balaban J connectivity index is 1.85. The number of amides is 1. The standard InChI is InChI=1S/C15H14Cl2N2O3S/c16-11-1-5-13(6-2-11)19-15(20)9-10-18-23(21,22)14-7-3-12(17)4-8-14/h1-8,18H,9-10H2,(H,19,20). The average Bonchev–Trinajstić information content (AvgIpc) is 2.50. The van der Waals surface area contributed by atoms with Gasteiger partial charge in [0.25, 0.3) is 0 Å². The first kappa shape index (κ1) is 17.7. The molecule has 2 rings (SSSR count). The lowest BCUT2D eigenvalue weighted by molar-refractivity contribution is -0.116. The van der Waals surface area contributed by atoms with Gasteiger partial charge in [-0.15, -0.1) is 0 Å². The molecular formula is C15H14Cl2N2O3S. The summed E-state index contributed by atoms with van der Waals surface area (Å²) in [4.78, 5) is 11.9. The van der Waals surface area contributed by atoms with E-state index >= 15 is 0 Å². The fraction of sp³-hybridized carbons (Fsp3) is 0.133. The van der Waals surface area contributed by atoms with E-state index in [1.54, 1.807) is 24.3 Å². The van der Waals surface area contributed by atoms with Crippen molar-refractivity contribution >= 4 is 44.8 Å². The minimum atomic E-state index is -3.66. The van der Waals surface area contributed by atoms with Gasteiger partial charge >= 0.3 is 0 Å². The van der Waals surface area contributed by atoms with Crippen LogP contribution in [0.4, 0.5) is 5.69 Å². The van der Waals surface area contributed by atoms with Crippen LogP contribution in [0, 0.1) is 0 Å². The lowest BCUT2D eigenvalue weighted by atomic mass is 10.3. The monoisotopic (exact) mass is 372 g/mol. The van der Waals surface area contributed by atoms with Gasteiger partial charge in [-0.1, -0.05) is 23.2 Å².